The predicted molar refractivity (Wildman–Crippen MR) is 248 cm³/mol. The highest BCUT2D eigenvalue weighted by Crippen LogP contribution is 2.60. The SMILES string of the molecule is c1ccc(-c2c3ccccc3c(-c3ccc(-c4ccc(-c5ccc6sc7cccc8c7c6c5C8(c5ccccc5)c5ccccc5)cc4)cc3)c3ccccc23)cc1. The maximum atomic E-state index is 2.37. The maximum absolute atomic E-state index is 2.37. The lowest BCUT2D eigenvalue weighted by atomic mass is 9.66. The Morgan fingerprint density at radius 2 is 0.724 bits per heavy atom. The molecule has 0 amide bonds. The van der Waals surface area contributed by atoms with Crippen molar-refractivity contribution in [2.75, 3.05) is 0 Å². The molecule has 0 spiro atoms. The first-order chi connectivity index (χ1) is 28.8. The quantitative estimate of drug-likeness (QED) is 0.148. The van der Waals surface area contributed by atoms with Gasteiger partial charge in [-0.1, -0.05) is 206 Å². The second-order valence-electron chi connectivity index (χ2n) is 15.5. The van der Waals surface area contributed by atoms with Crippen LogP contribution < -0.4 is 0 Å². The smallest absolute Gasteiger partial charge is 0.0720 e. The zero-order valence-electron chi connectivity index (χ0n) is 31.7. The normalized spacial score (nSPS) is 13.0. The zero-order chi connectivity index (χ0) is 38.2. The summed E-state index contributed by atoms with van der Waals surface area (Å²) in [5, 5.41) is 7.90. The van der Waals surface area contributed by atoms with E-state index in [2.05, 4.69) is 218 Å². The van der Waals surface area contributed by atoms with Gasteiger partial charge in [-0.2, -0.15) is 0 Å². The van der Waals surface area contributed by atoms with Gasteiger partial charge in [-0.15, -0.1) is 11.3 Å². The molecule has 1 aliphatic carbocycles. The fourth-order valence-corrected chi connectivity index (χ4v) is 11.3. The fourth-order valence-electron chi connectivity index (χ4n) is 10.2. The lowest BCUT2D eigenvalue weighted by Crippen LogP contribution is -2.29. The van der Waals surface area contributed by atoms with E-state index in [1.54, 1.807) is 0 Å². The Kier molecular flexibility index (Phi) is 7.42. The van der Waals surface area contributed by atoms with Gasteiger partial charge in [0, 0.05) is 20.2 Å². The molecular formula is C57H36S. The molecule has 11 aromatic rings. The van der Waals surface area contributed by atoms with Gasteiger partial charge in [0.25, 0.3) is 0 Å². The highest BCUT2D eigenvalue weighted by atomic mass is 32.1. The largest absolute Gasteiger partial charge is 0.135 e. The van der Waals surface area contributed by atoms with Gasteiger partial charge in [0.05, 0.1) is 5.41 Å². The van der Waals surface area contributed by atoms with Gasteiger partial charge in [-0.25, -0.2) is 0 Å². The monoisotopic (exact) mass is 752 g/mol. The summed E-state index contributed by atoms with van der Waals surface area (Å²) in [4.78, 5) is 0. The Morgan fingerprint density at radius 1 is 0.293 bits per heavy atom. The summed E-state index contributed by atoms with van der Waals surface area (Å²) in [7, 11) is 0. The van der Waals surface area contributed by atoms with Crippen molar-refractivity contribution in [2.45, 2.75) is 5.41 Å². The molecule has 1 aliphatic rings. The Bertz CT molecular complexity index is 3240. The van der Waals surface area contributed by atoms with Crippen molar-refractivity contribution in [2.24, 2.45) is 0 Å². The van der Waals surface area contributed by atoms with E-state index in [9.17, 15) is 0 Å². The maximum Gasteiger partial charge on any atom is 0.0720 e. The molecule has 10 aromatic carbocycles. The molecule has 0 bridgehead atoms. The molecule has 12 rings (SSSR count). The summed E-state index contributed by atoms with van der Waals surface area (Å²) >= 11 is 1.91. The van der Waals surface area contributed by atoms with Gasteiger partial charge in [-0.3, -0.25) is 0 Å². The van der Waals surface area contributed by atoms with Crippen LogP contribution >= 0.6 is 11.3 Å². The molecule has 0 fully saturated rings. The summed E-state index contributed by atoms with van der Waals surface area (Å²) in [5.41, 5.74) is 14.9. The van der Waals surface area contributed by atoms with Crippen molar-refractivity contribution >= 4 is 53.1 Å². The van der Waals surface area contributed by atoms with Crippen LogP contribution in [0.1, 0.15) is 22.3 Å². The summed E-state index contributed by atoms with van der Waals surface area (Å²) in [5.74, 6) is 0. The number of benzene rings is 10. The van der Waals surface area contributed by atoms with Crippen LogP contribution in [-0.4, -0.2) is 0 Å². The average molecular weight is 753 g/mol. The number of hydrogen-bond acceptors (Lipinski definition) is 1. The highest BCUT2D eigenvalue weighted by Gasteiger charge is 2.47. The van der Waals surface area contributed by atoms with Gasteiger partial charge in [-0.05, 0) is 100 Å². The summed E-state index contributed by atoms with van der Waals surface area (Å²) in [6, 6.07) is 81.0. The first-order valence-corrected chi connectivity index (χ1v) is 20.9. The van der Waals surface area contributed by atoms with Crippen molar-refractivity contribution in [3.8, 4) is 44.5 Å². The molecule has 0 nitrogen and oxygen atoms in total. The minimum atomic E-state index is -0.433. The van der Waals surface area contributed by atoms with Gasteiger partial charge >= 0.3 is 0 Å². The highest BCUT2D eigenvalue weighted by molar-refractivity contribution is 7.26. The molecule has 1 aromatic heterocycles. The summed E-state index contributed by atoms with van der Waals surface area (Å²) in [6.45, 7) is 0. The minimum absolute atomic E-state index is 0.433. The molecule has 0 atom stereocenters. The molecule has 0 radical (unpaired) electrons. The number of fused-ring (bicyclic) bond motifs is 2. The van der Waals surface area contributed by atoms with Gasteiger partial charge < -0.3 is 0 Å². The molecule has 0 saturated carbocycles. The topological polar surface area (TPSA) is 0 Å². The average Bonchev–Trinajstić information content (AvgIpc) is 3.85. The van der Waals surface area contributed by atoms with E-state index < -0.39 is 5.41 Å². The van der Waals surface area contributed by atoms with Crippen LogP contribution in [0.5, 0.6) is 0 Å². The van der Waals surface area contributed by atoms with E-state index in [4.69, 9.17) is 0 Å². The Hall–Kier alpha value is -7.06. The van der Waals surface area contributed by atoms with E-state index in [0.29, 0.717) is 0 Å². The van der Waals surface area contributed by atoms with Crippen molar-refractivity contribution in [1.82, 2.24) is 0 Å². The molecule has 0 unspecified atom stereocenters. The van der Waals surface area contributed by atoms with E-state index >= 15 is 0 Å². The first kappa shape index (κ1) is 33.1. The Balaban J connectivity index is 0.981. The van der Waals surface area contributed by atoms with Gasteiger partial charge in [0.15, 0.2) is 0 Å². The summed E-state index contributed by atoms with van der Waals surface area (Å²) in [6.07, 6.45) is 0. The third kappa shape index (κ3) is 4.75. The Morgan fingerprint density at radius 3 is 1.26 bits per heavy atom. The second-order valence-corrected chi connectivity index (χ2v) is 16.6. The van der Waals surface area contributed by atoms with E-state index in [0.717, 1.165) is 0 Å². The van der Waals surface area contributed by atoms with E-state index in [-0.39, 0.29) is 0 Å². The lowest BCUT2D eigenvalue weighted by Gasteiger charge is -2.36. The molecule has 0 saturated heterocycles. The van der Waals surface area contributed by atoms with Crippen LogP contribution in [0.3, 0.4) is 0 Å². The predicted octanol–water partition coefficient (Wildman–Crippen LogP) is 15.7. The van der Waals surface area contributed by atoms with E-state index in [1.807, 2.05) is 11.3 Å². The van der Waals surface area contributed by atoms with Crippen molar-refractivity contribution < 1.29 is 0 Å². The molecule has 58 heavy (non-hydrogen) atoms. The molecule has 1 heterocycles. The second kappa shape index (κ2) is 13.0. The summed E-state index contributed by atoms with van der Waals surface area (Å²) < 4.78 is 2.70. The number of rotatable bonds is 6. The van der Waals surface area contributed by atoms with Crippen LogP contribution in [0.4, 0.5) is 0 Å². The third-order valence-corrected chi connectivity index (χ3v) is 13.7. The molecule has 270 valence electrons. The van der Waals surface area contributed by atoms with Crippen LogP contribution in [0, 0.1) is 0 Å². The van der Waals surface area contributed by atoms with Crippen molar-refractivity contribution in [3.05, 3.63) is 241 Å². The minimum Gasteiger partial charge on any atom is -0.135 e. The number of hydrogen-bond donors (Lipinski definition) is 0. The van der Waals surface area contributed by atoms with E-state index in [1.165, 1.54) is 108 Å². The van der Waals surface area contributed by atoms with Gasteiger partial charge in [0.1, 0.15) is 0 Å². The Labute approximate surface area is 342 Å². The van der Waals surface area contributed by atoms with Gasteiger partial charge in [0.2, 0.25) is 0 Å². The van der Waals surface area contributed by atoms with Crippen molar-refractivity contribution in [3.63, 3.8) is 0 Å². The van der Waals surface area contributed by atoms with Crippen LogP contribution in [0.2, 0.25) is 0 Å². The van der Waals surface area contributed by atoms with Crippen LogP contribution in [0.15, 0.2) is 218 Å². The molecule has 1 heteroatoms. The lowest BCUT2D eigenvalue weighted by molar-refractivity contribution is 0.773. The molecule has 0 aliphatic heterocycles. The fraction of sp³-hybridized carbons (Fsp3) is 0.0175. The van der Waals surface area contributed by atoms with Crippen molar-refractivity contribution in [1.29, 1.82) is 0 Å². The first-order valence-electron chi connectivity index (χ1n) is 20.1. The number of thiophene rings is 1. The third-order valence-electron chi connectivity index (χ3n) is 12.6. The zero-order valence-corrected chi connectivity index (χ0v) is 32.5. The molecule has 0 N–H and O–H groups in total. The molecular weight excluding hydrogens is 717 g/mol. The van der Waals surface area contributed by atoms with Crippen LogP contribution in [0.25, 0.3) is 86.2 Å². The standard InChI is InChI=1S/C57H36S/c1-4-15-40(16-5-1)52-45-21-10-12-23-47(45)53(48-24-13-11-22-46(48)52)41-33-29-38(30-34-41)37-27-31-39(32-28-37)44-35-36-51-55-54-49(25-14-26-50(54)58-51)57(56(44)55,42-17-6-2-7-18-42)43-19-8-3-9-20-43/h1-36H. The van der Waals surface area contributed by atoms with Crippen LogP contribution in [-0.2, 0) is 5.41 Å².